The van der Waals surface area contributed by atoms with E-state index in [1.54, 1.807) is 22.3 Å². The number of hydroxylamine groups is 1. The largest absolute Gasteiger partial charge is 0.392 e. The molecule has 0 spiro atoms. The summed E-state index contributed by atoms with van der Waals surface area (Å²) in [5, 5.41) is 33.8. The monoisotopic (exact) mass is 618 g/mol. The van der Waals surface area contributed by atoms with E-state index >= 15 is 0 Å². The van der Waals surface area contributed by atoms with Crippen LogP contribution in [0.15, 0.2) is 84.0 Å². The number of benzene rings is 3. The van der Waals surface area contributed by atoms with Crippen molar-refractivity contribution in [3.8, 4) is 5.69 Å². The number of nitrogens with one attached hydrogen (secondary N) is 2. The zero-order chi connectivity index (χ0) is 30.7. The third-order valence-corrected chi connectivity index (χ3v) is 8.16. The number of tetrazole rings is 1. The minimum atomic E-state index is -0.649. The lowest BCUT2D eigenvalue weighted by Crippen LogP contribution is -2.31. The molecule has 1 saturated heterocycles. The summed E-state index contributed by atoms with van der Waals surface area (Å²) in [6.45, 7) is -0.0311. The second-order valence-electron chi connectivity index (χ2n) is 10.3. The maximum atomic E-state index is 12.3. The number of carbonyl (C=O) groups is 2. The third kappa shape index (κ3) is 8.49. The van der Waals surface area contributed by atoms with Crippen LogP contribution in [0.1, 0.15) is 61.2 Å². The molecule has 12 nitrogen and oxygen atoms in total. The summed E-state index contributed by atoms with van der Waals surface area (Å²) >= 11 is 1.51. The Kier molecular flexibility index (Phi) is 11.1. The predicted molar refractivity (Wildman–Crippen MR) is 162 cm³/mol. The van der Waals surface area contributed by atoms with E-state index in [4.69, 9.17) is 14.7 Å². The van der Waals surface area contributed by atoms with Crippen LogP contribution in [-0.4, -0.2) is 54.2 Å². The summed E-state index contributed by atoms with van der Waals surface area (Å²) in [5.41, 5.74) is 5.71. The van der Waals surface area contributed by atoms with E-state index in [0.29, 0.717) is 35.9 Å². The molecule has 3 atom stereocenters. The highest BCUT2D eigenvalue weighted by atomic mass is 32.2. The van der Waals surface area contributed by atoms with Crippen LogP contribution in [0.5, 0.6) is 0 Å². The summed E-state index contributed by atoms with van der Waals surface area (Å²) in [5.74, 6) is -0.0358. The topological polar surface area (TPSA) is 161 Å². The molecular formula is C31H34N6O6S. The predicted octanol–water partition coefficient (Wildman–Crippen LogP) is 4.50. The molecule has 3 aromatic carbocycles. The number of aliphatic hydroxyl groups is 1. The normalized spacial score (nSPS) is 18.1. The average Bonchev–Trinajstić information content (AvgIpc) is 3.55. The number of rotatable bonds is 13. The number of unbranched alkanes of at least 4 members (excludes halogenated alkanes) is 1. The minimum absolute atomic E-state index is 0.0311. The fraction of sp³-hybridized carbons (Fsp3) is 0.323. The Morgan fingerprint density at radius 1 is 0.909 bits per heavy atom. The lowest BCUT2D eigenvalue weighted by molar-refractivity contribution is -0.245. The first-order valence-corrected chi connectivity index (χ1v) is 15.3. The number of aromatic nitrogens is 4. The molecule has 2 heterocycles. The molecule has 13 heteroatoms. The first-order valence-electron chi connectivity index (χ1n) is 14.3. The molecule has 0 bridgehead atoms. The Bertz CT molecular complexity index is 1500. The summed E-state index contributed by atoms with van der Waals surface area (Å²) < 4.78 is 14.6. The van der Waals surface area contributed by atoms with Gasteiger partial charge < -0.3 is 19.9 Å². The molecular weight excluding hydrogens is 584 g/mol. The Balaban J connectivity index is 1.25. The van der Waals surface area contributed by atoms with Gasteiger partial charge in [0.1, 0.15) is 0 Å². The van der Waals surface area contributed by atoms with Crippen molar-refractivity contribution in [1.82, 2.24) is 25.7 Å². The lowest BCUT2D eigenvalue weighted by Gasteiger charge is -2.36. The molecule has 4 N–H and O–H groups in total. The average molecular weight is 619 g/mol. The lowest BCUT2D eigenvalue weighted by atomic mass is 10.0. The van der Waals surface area contributed by atoms with Crippen LogP contribution in [0.3, 0.4) is 0 Å². The number of anilines is 1. The molecule has 1 fully saturated rings. The SMILES string of the molecule is O=C(CCCCC(=O)Nc1ccc([C@H]2O[C@@H](CSc3nnnn3-c3ccccc3)C[C@@H](c3ccc(CO)cc3)O2)cc1)NO. The number of hydrogen-bond donors (Lipinski definition) is 4. The highest BCUT2D eigenvalue weighted by Crippen LogP contribution is 2.39. The molecule has 5 rings (SSSR count). The number of aliphatic hydroxyl groups excluding tert-OH is 1. The molecule has 1 aromatic heterocycles. The molecule has 1 aliphatic rings. The van der Waals surface area contributed by atoms with Crippen LogP contribution < -0.4 is 10.8 Å². The molecule has 0 radical (unpaired) electrons. The van der Waals surface area contributed by atoms with Gasteiger partial charge in [-0.1, -0.05) is 66.4 Å². The van der Waals surface area contributed by atoms with Crippen LogP contribution in [0, 0.1) is 0 Å². The van der Waals surface area contributed by atoms with E-state index in [1.165, 1.54) is 11.8 Å². The van der Waals surface area contributed by atoms with Gasteiger partial charge in [-0.15, -0.1) is 5.10 Å². The van der Waals surface area contributed by atoms with Crippen molar-refractivity contribution in [1.29, 1.82) is 0 Å². The van der Waals surface area contributed by atoms with Gasteiger partial charge in [-0.05, 0) is 58.7 Å². The fourth-order valence-electron chi connectivity index (χ4n) is 4.76. The third-order valence-electron chi connectivity index (χ3n) is 7.10. The van der Waals surface area contributed by atoms with Crippen molar-refractivity contribution in [2.75, 3.05) is 11.1 Å². The van der Waals surface area contributed by atoms with E-state index in [0.717, 1.165) is 22.4 Å². The van der Waals surface area contributed by atoms with Crippen LogP contribution in [0.2, 0.25) is 0 Å². The van der Waals surface area contributed by atoms with Gasteiger partial charge in [-0.3, -0.25) is 14.8 Å². The zero-order valence-electron chi connectivity index (χ0n) is 23.9. The summed E-state index contributed by atoms with van der Waals surface area (Å²) in [4.78, 5) is 23.5. The van der Waals surface area contributed by atoms with Crippen molar-refractivity contribution >= 4 is 29.3 Å². The molecule has 4 aromatic rings. The first-order chi connectivity index (χ1) is 21.5. The minimum Gasteiger partial charge on any atom is -0.392 e. The van der Waals surface area contributed by atoms with Gasteiger partial charge >= 0.3 is 0 Å². The van der Waals surface area contributed by atoms with Crippen LogP contribution in [-0.2, 0) is 25.7 Å². The van der Waals surface area contributed by atoms with E-state index in [-0.39, 0.29) is 37.6 Å². The number of thioether (sulfide) groups is 1. The molecule has 2 amide bonds. The van der Waals surface area contributed by atoms with Gasteiger partial charge in [0, 0.05) is 36.3 Å². The highest BCUT2D eigenvalue weighted by molar-refractivity contribution is 7.99. The molecule has 1 aliphatic heterocycles. The molecule has 0 unspecified atom stereocenters. The summed E-state index contributed by atoms with van der Waals surface area (Å²) in [7, 11) is 0. The second kappa shape index (κ2) is 15.5. The standard InChI is InChI=1S/C31H34N6O6S/c38-19-21-10-12-22(13-11-21)27-18-26(20-44-31-33-35-36-37(31)25-6-2-1-3-7-25)42-30(43-27)23-14-16-24(17-15-23)32-28(39)8-4-5-9-29(40)34-41/h1-3,6-7,10-17,26-27,30,38,41H,4-5,8-9,18-20H2,(H,32,39)(H,34,40)/t26-,27+,30+/m1/s1. The Labute approximate surface area is 258 Å². The number of amides is 2. The number of carbonyl (C=O) groups excluding carboxylic acids is 2. The first kappa shape index (κ1) is 31.3. The fourth-order valence-corrected chi connectivity index (χ4v) is 5.67. The van der Waals surface area contributed by atoms with Gasteiger partial charge in [0.15, 0.2) is 6.29 Å². The quantitative estimate of drug-likeness (QED) is 0.0727. The summed E-state index contributed by atoms with van der Waals surface area (Å²) in [6, 6.07) is 24.7. The van der Waals surface area contributed by atoms with Crippen molar-refractivity contribution in [2.45, 2.75) is 62.4 Å². The van der Waals surface area contributed by atoms with E-state index in [2.05, 4.69) is 20.8 Å². The van der Waals surface area contributed by atoms with Gasteiger partial charge in [0.25, 0.3) is 0 Å². The molecule has 0 aliphatic carbocycles. The Morgan fingerprint density at radius 3 is 2.32 bits per heavy atom. The number of hydrogen-bond acceptors (Lipinski definition) is 10. The van der Waals surface area contributed by atoms with Crippen molar-refractivity contribution in [3.05, 3.63) is 95.6 Å². The highest BCUT2D eigenvalue weighted by Gasteiger charge is 2.32. The molecule has 0 saturated carbocycles. The van der Waals surface area contributed by atoms with E-state index < -0.39 is 12.2 Å². The zero-order valence-corrected chi connectivity index (χ0v) is 24.7. The Hall–Kier alpha value is -4.14. The maximum Gasteiger partial charge on any atom is 0.243 e. The number of ether oxygens (including phenoxy) is 2. The van der Waals surface area contributed by atoms with Crippen molar-refractivity contribution in [3.63, 3.8) is 0 Å². The maximum absolute atomic E-state index is 12.3. The van der Waals surface area contributed by atoms with Crippen molar-refractivity contribution in [2.24, 2.45) is 0 Å². The van der Waals surface area contributed by atoms with E-state index in [1.807, 2.05) is 66.7 Å². The molecule has 44 heavy (non-hydrogen) atoms. The van der Waals surface area contributed by atoms with Crippen LogP contribution >= 0.6 is 11.8 Å². The molecule has 230 valence electrons. The Morgan fingerprint density at radius 2 is 1.61 bits per heavy atom. The number of nitrogens with zero attached hydrogens (tertiary/aromatic N) is 4. The van der Waals surface area contributed by atoms with Crippen LogP contribution in [0.4, 0.5) is 5.69 Å². The van der Waals surface area contributed by atoms with E-state index in [9.17, 15) is 14.7 Å². The smallest absolute Gasteiger partial charge is 0.243 e. The van der Waals surface area contributed by atoms with Gasteiger partial charge in [0.2, 0.25) is 17.0 Å². The van der Waals surface area contributed by atoms with Crippen LogP contribution in [0.25, 0.3) is 5.69 Å². The number of para-hydroxylation sites is 1. The van der Waals surface area contributed by atoms with Crippen molar-refractivity contribution < 1.29 is 29.4 Å². The van der Waals surface area contributed by atoms with Gasteiger partial charge in [0.05, 0.1) is 24.5 Å². The second-order valence-corrected chi connectivity index (χ2v) is 11.3. The van der Waals surface area contributed by atoms with Gasteiger partial charge in [-0.25, -0.2) is 5.48 Å². The summed E-state index contributed by atoms with van der Waals surface area (Å²) in [6.07, 6.45) is 0.986. The van der Waals surface area contributed by atoms with Gasteiger partial charge in [-0.2, -0.15) is 4.68 Å².